The minimum absolute atomic E-state index is 0.197. The number of carbonyl (C=O) groups excluding carboxylic acids is 1. The van der Waals surface area contributed by atoms with Gasteiger partial charge in [-0.15, -0.1) is 0 Å². The first-order valence-electron chi connectivity index (χ1n) is 9.64. The standard InChI is InChI=1S/C22H31N3O2/c1-5-25(6-2)20-13-11-19(12-14-20)24-22(26)23-15-8-16-27-21-17(3)9-7-10-18(21)4/h7,9-14H,5-6,8,15-16H2,1-4H3,(H2,23,24,26). The van der Waals surface area contributed by atoms with E-state index in [-0.39, 0.29) is 6.03 Å². The third-order valence-corrected chi connectivity index (χ3v) is 4.52. The monoisotopic (exact) mass is 369 g/mol. The normalized spacial score (nSPS) is 10.4. The first kappa shape index (κ1) is 20.6. The highest BCUT2D eigenvalue weighted by Gasteiger charge is 2.05. The molecule has 2 aromatic rings. The molecule has 0 saturated heterocycles. The third-order valence-electron chi connectivity index (χ3n) is 4.52. The van der Waals surface area contributed by atoms with Crippen LogP contribution in [-0.2, 0) is 0 Å². The maximum Gasteiger partial charge on any atom is 0.319 e. The van der Waals surface area contributed by atoms with Gasteiger partial charge in [0.25, 0.3) is 0 Å². The Kier molecular flexibility index (Phi) is 7.99. The van der Waals surface area contributed by atoms with E-state index in [1.54, 1.807) is 0 Å². The second-order valence-electron chi connectivity index (χ2n) is 6.52. The van der Waals surface area contributed by atoms with E-state index in [1.165, 1.54) is 0 Å². The molecule has 2 amide bonds. The lowest BCUT2D eigenvalue weighted by molar-refractivity contribution is 0.250. The van der Waals surface area contributed by atoms with Gasteiger partial charge in [0, 0.05) is 31.0 Å². The maximum absolute atomic E-state index is 12.0. The van der Waals surface area contributed by atoms with Gasteiger partial charge in [-0.05, 0) is 69.5 Å². The van der Waals surface area contributed by atoms with Gasteiger partial charge in [-0.1, -0.05) is 18.2 Å². The number of anilines is 2. The number of amides is 2. The number of nitrogens with one attached hydrogen (secondary N) is 2. The fourth-order valence-corrected chi connectivity index (χ4v) is 2.99. The molecule has 0 aliphatic rings. The highest BCUT2D eigenvalue weighted by molar-refractivity contribution is 5.89. The van der Waals surface area contributed by atoms with Crippen molar-refractivity contribution in [1.29, 1.82) is 0 Å². The van der Waals surface area contributed by atoms with Crippen molar-refractivity contribution in [3.8, 4) is 5.75 Å². The van der Waals surface area contributed by atoms with Crippen LogP contribution in [0.1, 0.15) is 31.4 Å². The molecule has 5 heteroatoms. The minimum Gasteiger partial charge on any atom is -0.493 e. The van der Waals surface area contributed by atoms with Crippen molar-refractivity contribution in [2.45, 2.75) is 34.1 Å². The number of rotatable bonds is 9. The average molecular weight is 370 g/mol. The SMILES string of the molecule is CCN(CC)c1ccc(NC(=O)NCCCOc2c(C)cccc2C)cc1. The van der Waals surface area contributed by atoms with Gasteiger partial charge in [-0.2, -0.15) is 0 Å². The van der Waals surface area contributed by atoms with E-state index >= 15 is 0 Å². The molecule has 0 unspecified atom stereocenters. The number of carbonyl (C=O) groups is 1. The van der Waals surface area contributed by atoms with Crippen LogP contribution < -0.4 is 20.3 Å². The molecule has 2 N–H and O–H groups in total. The molecule has 146 valence electrons. The van der Waals surface area contributed by atoms with Crippen LogP contribution in [0, 0.1) is 13.8 Å². The summed E-state index contributed by atoms with van der Waals surface area (Å²) >= 11 is 0. The molecule has 0 atom stereocenters. The van der Waals surface area contributed by atoms with Gasteiger partial charge < -0.3 is 20.3 Å². The van der Waals surface area contributed by atoms with Gasteiger partial charge in [-0.25, -0.2) is 4.79 Å². The van der Waals surface area contributed by atoms with Crippen molar-refractivity contribution >= 4 is 17.4 Å². The van der Waals surface area contributed by atoms with Crippen molar-refractivity contribution in [3.63, 3.8) is 0 Å². The molecule has 0 aliphatic heterocycles. The zero-order valence-corrected chi connectivity index (χ0v) is 16.8. The van der Waals surface area contributed by atoms with Crippen LogP contribution in [0.4, 0.5) is 16.2 Å². The summed E-state index contributed by atoms with van der Waals surface area (Å²) in [4.78, 5) is 14.3. The van der Waals surface area contributed by atoms with E-state index in [9.17, 15) is 4.79 Å². The van der Waals surface area contributed by atoms with Crippen LogP contribution >= 0.6 is 0 Å². The zero-order chi connectivity index (χ0) is 19.6. The van der Waals surface area contributed by atoms with Crippen molar-refractivity contribution in [2.24, 2.45) is 0 Å². The molecule has 0 spiro atoms. The van der Waals surface area contributed by atoms with E-state index in [1.807, 2.05) is 56.3 Å². The summed E-state index contributed by atoms with van der Waals surface area (Å²) in [7, 11) is 0. The van der Waals surface area contributed by atoms with Crippen LogP contribution in [0.3, 0.4) is 0 Å². The Morgan fingerprint density at radius 1 is 1.00 bits per heavy atom. The third kappa shape index (κ3) is 6.20. The summed E-state index contributed by atoms with van der Waals surface area (Å²) in [5.41, 5.74) is 4.22. The van der Waals surface area contributed by atoms with Gasteiger partial charge in [0.05, 0.1) is 6.61 Å². The molecule has 0 aromatic heterocycles. The molecule has 0 heterocycles. The number of hydrogen-bond acceptors (Lipinski definition) is 3. The molecular weight excluding hydrogens is 338 g/mol. The predicted molar refractivity (Wildman–Crippen MR) is 113 cm³/mol. The lowest BCUT2D eigenvalue weighted by Gasteiger charge is -2.21. The second-order valence-corrected chi connectivity index (χ2v) is 6.52. The summed E-state index contributed by atoms with van der Waals surface area (Å²) in [6.45, 7) is 11.4. The highest BCUT2D eigenvalue weighted by atomic mass is 16.5. The van der Waals surface area contributed by atoms with Crippen LogP contribution in [-0.4, -0.2) is 32.3 Å². The Morgan fingerprint density at radius 3 is 2.22 bits per heavy atom. The molecule has 5 nitrogen and oxygen atoms in total. The van der Waals surface area contributed by atoms with Gasteiger partial charge in [-0.3, -0.25) is 0 Å². The summed E-state index contributed by atoms with van der Waals surface area (Å²) in [5, 5.41) is 5.73. The maximum atomic E-state index is 12.0. The van der Waals surface area contributed by atoms with E-state index in [0.717, 1.165) is 47.8 Å². The van der Waals surface area contributed by atoms with Crippen LogP contribution in [0.5, 0.6) is 5.75 Å². The Labute approximate surface area is 162 Å². The summed E-state index contributed by atoms with van der Waals surface area (Å²) in [6, 6.07) is 13.8. The summed E-state index contributed by atoms with van der Waals surface area (Å²) < 4.78 is 5.85. The molecule has 2 rings (SSSR count). The van der Waals surface area contributed by atoms with Crippen molar-refractivity contribution in [3.05, 3.63) is 53.6 Å². The summed E-state index contributed by atoms with van der Waals surface area (Å²) in [5.74, 6) is 0.940. The zero-order valence-electron chi connectivity index (χ0n) is 16.8. The number of urea groups is 1. The fourth-order valence-electron chi connectivity index (χ4n) is 2.99. The lowest BCUT2D eigenvalue weighted by atomic mass is 10.1. The minimum atomic E-state index is -0.197. The highest BCUT2D eigenvalue weighted by Crippen LogP contribution is 2.22. The van der Waals surface area contributed by atoms with Crippen molar-refractivity contribution < 1.29 is 9.53 Å². The number of aryl methyl sites for hydroxylation is 2. The quantitative estimate of drug-likeness (QED) is 0.628. The molecule has 2 aromatic carbocycles. The first-order chi connectivity index (χ1) is 13.0. The predicted octanol–water partition coefficient (Wildman–Crippen LogP) is 4.74. The lowest BCUT2D eigenvalue weighted by Crippen LogP contribution is -2.30. The Hall–Kier alpha value is -2.69. The van der Waals surface area contributed by atoms with Crippen molar-refractivity contribution in [1.82, 2.24) is 5.32 Å². The molecule has 0 fully saturated rings. The topological polar surface area (TPSA) is 53.6 Å². The number of para-hydroxylation sites is 1. The fraction of sp³-hybridized carbons (Fsp3) is 0.409. The smallest absolute Gasteiger partial charge is 0.319 e. The Morgan fingerprint density at radius 2 is 1.63 bits per heavy atom. The average Bonchev–Trinajstić information content (AvgIpc) is 2.66. The van der Waals surface area contributed by atoms with Gasteiger partial charge in [0.15, 0.2) is 0 Å². The van der Waals surface area contributed by atoms with Crippen LogP contribution in [0.15, 0.2) is 42.5 Å². The van der Waals surface area contributed by atoms with Gasteiger partial charge >= 0.3 is 6.03 Å². The van der Waals surface area contributed by atoms with E-state index < -0.39 is 0 Å². The summed E-state index contributed by atoms with van der Waals surface area (Å²) in [6.07, 6.45) is 0.752. The number of nitrogens with zero attached hydrogens (tertiary/aromatic N) is 1. The molecule has 27 heavy (non-hydrogen) atoms. The number of ether oxygens (including phenoxy) is 1. The molecule has 0 aliphatic carbocycles. The molecular formula is C22H31N3O2. The van der Waals surface area contributed by atoms with E-state index in [0.29, 0.717) is 13.2 Å². The molecule has 0 bridgehead atoms. The number of hydrogen-bond donors (Lipinski definition) is 2. The van der Waals surface area contributed by atoms with Gasteiger partial charge in [0.2, 0.25) is 0 Å². The van der Waals surface area contributed by atoms with E-state index in [4.69, 9.17) is 4.74 Å². The molecule has 0 radical (unpaired) electrons. The van der Waals surface area contributed by atoms with Crippen LogP contribution in [0.25, 0.3) is 0 Å². The van der Waals surface area contributed by atoms with Gasteiger partial charge in [0.1, 0.15) is 5.75 Å². The van der Waals surface area contributed by atoms with Crippen LogP contribution in [0.2, 0.25) is 0 Å². The Balaban J connectivity index is 1.70. The van der Waals surface area contributed by atoms with Crippen molar-refractivity contribution in [2.75, 3.05) is 36.5 Å². The molecule has 0 saturated carbocycles. The van der Waals surface area contributed by atoms with E-state index in [2.05, 4.69) is 29.4 Å². The largest absolute Gasteiger partial charge is 0.493 e. The number of benzene rings is 2. The second kappa shape index (κ2) is 10.5. The Bertz CT molecular complexity index is 705. The first-order valence-corrected chi connectivity index (χ1v) is 9.64.